The zero-order chi connectivity index (χ0) is 7.56. The molecule has 0 aliphatic heterocycles. The highest BCUT2D eigenvalue weighted by molar-refractivity contribution is 6.42. The Kier molecular flexibility index (Phi) is 2.12. The average Bonchev–Trinajstić information content (AvgIpc) is 1.88. The molecule has 0 radical (unpaired) electrons. The second kappa shape index (κ2) is 2.88. The van der Waals surface area contributed by atoms with Crippen molar-refractivity contribution in [1.82, 2.24) is 0 Å². The van der Waals surface area contributed by atoms with Crippen LogP contribution in [0.4, 0.5) is 4.39 Å². The molecule has 2 heteroatoms. The van der Waals surface area contributed by atoms with Crippen LogP contribution in [0.1, 0.15) is 12.5 Å². The van der Waals surface area contributed by atoms with Gasteiger partial charge in [-0.2, -0.15) is 0 Å². The lowest BCUT2D eigenvalue weighted by Crippen LogP contribution is -1.97. The summed E-state index contributed by atoms with van der Waals surface area (Å²) in [6.45, 7) is 1.91. The van der Waals surface area contributed by atoms with Gasteiger partial charge in [-0.3, -0.25) is 0 Å². The molecule has 0 spiro atoms. The van der Waals surface area contributed by atoms with Gasteiger partial charge in [0.25, 0.3) is 0 Å². The molecule has 0 aliphatic carbocycles. The van der Waals surface area contributed by atoms with E-state index < -0.39 is 0 Å². The number of halogens is 1. The van der Waals surface area contributed by atoms with Crippen LogP contribution in [0.15, 0.2) is 24.3 Å². The van der Waals surface area contributed by atoms with Gasteiger partial charge in [0.1, 0.15) is 5.82 Å². The molecule has 0 aliphatic rings. The Balaban J connectivity index is 3.15. The van der Waals surface area contributed by atoms with Gasteiger partial charge in [0.2, 0.25) is 0 Å². The van der Waals surface area contributed by atoms with Gasteiger partial charge in [-0.1, -0.05) is 23.4 Å². The third-order valence-corrected chi connectivity index (χ3v) is 1.71. The molecule has 0 atom stereocenters. The highest BCUT2D eigenvalue weighted by Crippen LogP contribution is 2.05. The molecule has 1 aromatic rings. The van der Waals surface area contributed by atoms with Gasteiger partial charge in [0.05, 0.1) is 0 Å². The second-order valence-corrected chi connectivity index (χ2v) is 3.32. The first-order chi connectivity index (χ1) is 4.72. The van der Waals surface area contributed by atoms with Crippen LogP contribution >= 0.6 is 0 Å². The first kappa shape index (κ1) is 7.35. The van der Waals surface area contributed by atoms with Crippen molar-refractivity contribution in [2.24, 2.45) is 0 Å². The Morgan fingerprint density at radius 2 is 2.00 bits per heavy atom. The molecule has 0 aromatic heterocycles. The molecule has 10 heavy (non-hydrogen) atoms. The number of hydrogen-bond acceptors (Lipinski definition) is 0. The fraction of sp³-hybridized carbons (Fsp3) is 0.125. The zero-order valence-electron chi connectivity index (χ0n) is 5.89. The largest absolute Gasteiger partial charge is 0.206 e. The van der Waals surface area contributed by atoms with Crippen LogP contribution in [-0.4, -0.2) is 15.0 Å². The number of rotatable bonds is 1. The van der Waals surface area contributed by atoms with Crippen LogP contribution in [0.5, 0.6) is 0 Å². The third kappa shape index (κ3) is 1.39. The van der Waals surface area contributed by atoms with Crippen molar-refractivity contribution in [1.29, 1.82) is 0 Å². The molecule has 52 valence electrons. The predicted octanol–water partition coefficient (Wildman–Crippen LogP) is 0.999. The zero-order valence-corrected chi connectivity index (χ0v) is 7.31. The van der Waals surface area contributed by atoms with Crippen molar-refractivity contribution in [3.8, 4) is 0 Å². The van der Waals surface area contributed by atoms with Crippen LogP contribution in [0, 0.1) is 5.82 Å². The molecule has 0 unspecified atom stereocenters. The summed E-state index contributed by atoms with van der Waals surface area (Å²) in [5.74, 6) is -0.130. The van der Waals surface area contributed by atoms with Crippen LogP contribution in [0.2, 0.25) is 0 Å². The lowest BCUT2D eigenvalue weighted by atomic mass is 10.1. The quantitative estimate of drug-likeness (QED) is 0.527. The number of benzene rings is 1. The van der Waals surface area contributed by atoms with E-state index in [0.29, 0.717) is 0 Å². The van der Waals surface area contributed by atoms with Crippen LogP contribution in [0.3, 0.4) is 0 Å². The van der Waals surface area contributed by atoms with Crippen molar-refractivity contribution >= 4 is 15.0 Å². The van der Waals surface area contributed by atoms with Crippen LogP contribution in [0.25, 0.3) is 0 Å². The fourth-order valence-electron chi connectivity index (χ4n) is 0.807. The Morgan fingerprint density at radius 1 is 1.40 bits per heavy atom. The Morgan fingerprint density at radius 3 is 2.40 bits per heavy atom. The Bertz CT molecular complexity index is 255. The summed E-state index contributed by atoms with van der Waals surface area (Å²) < 4.78 is 12.8. The first-order valence-electron chi connectivity index (χ1n) is 3.12. The molecule has 1 aromatic carbocycles. The molecular weight excluding hydrogens is 143 g/mol. The van der Waals surface area contributed by atoms with Crippen molar-refractivity contribution in [3.05, 3.63) is 35.6 Å². The highest BCUT2D eigenvalue weighted by atomic mass is 28.1. The van der Waals surface area contributed by atoms with E-state index >= 15 is 0 Å². The summed E-state index contributed by atoms with van der Waals surface area (Å²) in [4.78, 5) is 0. The van der Waals surface area contributed by atoms with E-state index in [2.05, 4.69) is 0 Å². The van der Waals surface area contributed by atoms with Crippen LogP contribution in [-0.2, 0) is 0 Å². The monoisotopic (exact) mass is 152 g/mol. The average molecular weight is 152 g/mol. The first-order valence-corrected chi connectivity index (χ1v) is 3.83. The summed E-state index contributed by atoms with van der Waals surface area (Å²) >= 11 is 0. The number of hydrogen-bond donors (Lipinski definition) is 0. The van der Waals surface area contributed by atoms with Crippen molar-refractivity contribution in [2.75, 3.05) is 0 Å². The van der Waals surface area contributed by atoms with E-state index in [1.165, 1.54) is 6.07 Å². The van der Waals surface area contributed by atoms with E-state index in [4.69, 9.17) is 0 Å². The minimum Gasteiger partial charge on any atom is -0.206 e. The molecule has 0 saturated carbocycles. The highest BCUT2D eigenvalue weighted by Gasteiger charge is 1.97. The van der Waals surface area contributed by atoms with Crippen molar-refractivity contribution < 1.29 is 4.39 Å². The molecular formula is C8H9FSi. The topological polar surface area (TPSA) is 0 Å². The molecule has 0 nitrogen and oxygen atoms in total. The van der Waals surface area contributed by atoms with E-state index in [0.717, 1.165) is 10.7 Å². The van der Waals surface area contributed by atoms with Crippen LogP contribution < -0.4 is 0 Å². The Labute approximate surface area is 62.7 Å². The maximum Gasteiger partial charge on any atom is 0.130 e. The fourth-order valence-corrected chi connectivity index (χ4v) is 1.09. The summed E-state index contributed by atoms with van der Waals surface area (Å²) in [6, 6.07) is 6.81. The Hall–Kier alpha value is -0.763. The molecule has 0 heterocycles. The molecule has 1 rings (SSSR count). The van der Waals surface area contributed by atoms with E-state index in [9.17, 15) is 4.39 Å². The molecule has 0 bridgehead atoms. The summed E-state index contributed by atoms with van der Waals surface area (Å²) in [5.41, 5.74) is 0.723. The minimum absolute atomic E-state index is 0.130. The smallest absolute Gasteiger partial charge is 0.130 e. The van der Waals surface area contributed by atoms with Gasteiger partial charge in [0.15, 0.2) is 0 Å². The third-order valence-electron chi connectivity index (χ3n) is 1.33. The lowest BCUT2D eigenvalue weighted by molar-refractivity contribution is 0.625. The molecule has 0 N–H and O–H groups in total. The maximum absolute atomic E-state index is 12.8. The summed E-state index contributed by atoms with van der Waals surface area (Å²) in [7, 11) is 1.71. The molecule has 0 fully saturated rings. The maximum atomic E-state index is 12.8. The predicted molar refractivity (Wildman–Crippen MR) is 44.7 cm³/mol. The lowest BCUT2D eigenvalue weighted by Gasteiger charge is -1.98. The van der Waals surface area contributed by atoms with E-state index in [1.54, 1.807) is 22.0 Å². The standard InChI is InChI=1S/C8H9FSi/c1-6(10)7-4-2-3-5-8(7)9/h2-5H,10H2,1H3. The molecule has 0 amide bonds. The van der Waals surface area contributed by atoms with E-state index in [-0.39, 0.29) is 5.82 Å². The SMILES string of the molecule is CC(=[SiH2])c1ccccc1F. The van der Waals surface area contributed by atoms with Gasteiger partial charge in [-0.25, -0.2) is 4.39 Å². The minimum atomic E-state index is -0.130. The van der Waals surface area contributed by atoms with E-state index in [1.807, 2.05) is 13.0 Å². The van der Waals surface area contributed by atoms with Gasteiger partial charge >= 0.3 is 0 Å². The normalized spacial score (nSPS) is 9.40. The van der Waals surface area contributed by atoms with Gasteiger partial charge in [0, 0.05) is 5.56 Å². The van der Waals surface area contributed by atoms with Crippen molar-refractivity contribution in [3.63, 3.8) is 0 Å². The molecule has 0 saturated heterocycles. The summed E-state index contributed by atoms with van der Waals surface area (Å²) in [6.07, 6.45) is 0. The second-order valence-electron chi connectivity index (χ2n) is 2.26. The summed E-state index contributed by atoms with van der Waals surface area (Å²) in [5, 5.41) is 1.04. The van der Waals surface area contributed by atoms with Gasteiger partial charge in [-0.15, -0.1) is 0 Å². The van der Waals surface area contributed by atoms with Crippen molar-refractivity contribution in [2.45, 2.75) is 6.92 Å². The van der Waals surface area contributed by atoms with Gasteiger partial charge in [-0.05, 0) is 22.8 Å². The van der Waals surface area contributed by atoms with Gasteiger partial charge < -0.3 is 0 Å².